The highest BCUT2D eigenvalue weighted by atomic mass is 16.6. The molecule has 0 aliphatic carbocycles. The van der Waals surface area contributed by atoms with Gasteiger partial charge in [-0.25, -0.2) is 4.79 Å². The molecule has 4 N–H and O–H groups in total. The van der Waals surface area contributed by atoms with Crippen molar-refractivity contribution in [2.75, 3.05) is 6.61 Å². The second kappa shape index (κ2) is 6.88. The lowest BCUT2D eigenvalue weighted by Crippen LogP contribution is -2.36. The maximum atomic E-state index is 12.1. The number of ether oxygens (including phenoxy) is 1. The summed E-state index contributed by atoms with van der Waals surface area (Å²) in [4.78, 5) is 26.3. The average Bonchev–Trinajstić information content (AvgIpc) is 3.16. The minimum atomic E-state index is -1.40. The lowest BCUT2D eigenvalue weighted by molar-refractivity contribution is -0.0233. The smallest absolute Gasteiger partial charge is 0.328 e. The van der Waals surface area contributed by atoms with E-state index < -0.39 is 42.3 Å². The summed E-state index contributed by atoms with van der Waals surface area (Å²) in [6.07, 6.45) is -1.97. The van der Waals surface area contributed by atoms with Crippen LogP contribution in [0.15, 0.2) is 22.0 Å². The number of aromatic amines is 1. The van der Waals surface area contributed by atoms with Gasteiger partial charge in [0, 0.05) is 12.7 Å². The molecule has 0 bridgehead atoms. The molecule has 3 rings (SSSR count). The molecule has 3 heterocycles. The van der Waals surface area contributed by atoms with Crippen molar-refractivity contribution in [2.24, 2.45) is 0 Å². The summed E-state index contributed by atoms with van der Waals surface area (Å²) in [6, 6.07) is 0. The zero-order chi connectivity index (χ0) is 18.1. The van der Waals surface area contributed by atoms with Gasteiger partial charge < -0.3 is 20.1 Å². The van der Waals surface area contributed by atoms with E-state index in [2.05, 4.69) is 15.3 Å². The molecule has 136 valence electrons. The Morgan fingerprint density at radius 1 is 1.28 bits per heavy atom. The highest BCUT2D eigenvalue weighted by Crippen LogP contribution is 2.31. The van der Waals surface area contributed by atoms with Crippen molar-refractivity contribution in [2.45, 2.75) is 44.4 Å². The van der Waals surface area contributed by atoms with Crippen molar-refractivity contribution < 1.29 is 20.1 Å². The Morgan fingerprint density at radius 3 is 2.64 bits per heavy atom. The van der Waals surface area contributed by atoms with E-state index in [9.17, 15) is 19.8 Å². The van der Waals surface area contributed by atoms with Crippen LogP contribution in [0.4, 0.5) is 0 Å². The number of rotatable bonds is 5. The van der Waals surface area contributed by atoms with Gasteiger partial charge in [0.1, 0.15) is 30.1 Å². The van der Waals surface area contributed by atoms with Crippen LogP contribution in [0.5, 0.6) is 0 Å². The van der Waals surface area contributed by atoms with Crippen molar-refractivity contribution in [3.8, 4) is 0 Å². The van der Waals surface area contributed by atoms with Gasteiger partial charge in [0.2, 0.25) is 0 Å². The fraction of sp³-hybridized carbons (Fsp3) is 0.571. The molecule has 1 fully saturated rings. The number of aliphatic hydroxyl groups excluding tert-OH is 3. The first kappa shape index (κ1) is 17.5. The van der Waals surface area contributed by atoms with E-state index in [0.29, 0.717) is 12.2 Å². The number of hydrogen-bond donors (Lipinski definition) is 4. The van der Waals surface area contributed by atoms with E-state index in [1.165, 1.54) is 10.8 Å². The summed E-state index contributed by atoms with van der Waals surface area (Å²) in [5.41, 5.74) is -0.882. The normalized spacial score (nSPS) is 26.2. The fourth-order valence-corrected chi connectivity index (χ4v) is 2.74. The van der Waals surface area contributed by atoms with Gasteiger partial charge in [0.15, 0.2) is 0 Å². The molecular weight excluding hydrogens is 334 g/mol. The first-order valence-electron chi connectivity index (χ1n) is 7.79. The van der Waals surface area contributed by atoms with Crippen molar-refractivity contribution in [1.82, 2.24) is 24.5 Å². The fourth-order valence-electron chi connectivity index (χ4n) is 2.74. The number of H-pyrrole nitrogens is 1. The zero-order valence-corrected chi connectivity index (χ0v) is 13.4. The second-order valence-electron chi connectivity index (χ2n) is 5.80. The Balaban J connectivity index is 1.93. The molecule has 1 aliphatic heterocycles. The van der Waals surface area contributed by atoms with Gasteiger partial charge in [0.05, 0.1) is 24.9 Å². The van der Waals surface area contributed by atoms with E-state index in [1.54, 1.807) is 10.9 Å². The molecule has 0 saturated carbocycles. The van der Waals surface area contributed by atoms with Gasteiger partial charge in [-0.15, -0.1) is 5.10 Å². The molecule has 1 saturated heterocycles. The first-order chi connectivity index (χ1) is 11.9. The van der Waals surface area contributed by atoms with Gasteiger partial charge in [0.25, 0.3) is 5.56 Å². The summed E-state index contributed by atoms with van der Waals surface area (Å²) in [6.45, 7) is 2.08. The summed E-state index contributed by atoms with van der Waals surface area (Å²) < 4.78 is 8.15. The van der Waals surface area contributed by atoms with Crippen LogP contribution in [0.3, 0.4) is 0 Å². The first-order valence-corrected chi connectivity index (χ1v) is 7.79. The number of hydrogen-bond acceptors (Lipinski definition) is 8. The van der Waals surface area contributed by atoms with Crippen molar-refractivity contribution in [3.63, 3.8) is 0 Å². The Bertz CT molecular complexity index is 858. The van der Waals surface area contributed by atoms with Crippen LogP contribution in [-0.2, 0) is 17.8 Å². The molecular formula is C14H19N5O6. The topological polar surface area (TPSA) is 155 Å². The van der Waals surface area contributed by atoms with Crippen LogP contribution in [0.2, 0.25) is 0 Å². The number of aliphatic hydroxyl groups is 3. The summed E-state index contributed by atoms with van der Waals surface area (Å²) >= 11 is 0. The Labute approximate surface area is 141 Å². The predicted molar refractivity (Wildman–Crippen MR) is 82.8 cm³/mol. The standard InChI is InChI=1S/C14H19N5O6/c1-2-19-4-7(16-17-19)3-18-5-8(13(23)15-14(18)24)12-11(22)10(21)9(6-20)25-12/h4-5,9-12,20-22H,2-3,6H2,1H3,(H,15,23,24). The molecule has 0 radical (unpaired) electrons. The highest BCUT2D eigenvalue weighted by Gasteiger charge is 2.44. The molecule has 4 atom stereocenters. The maximum Gasteiger partial charge on any atom is 0.328 e. The summed E-state index contributed by atoms with van der Waals surface area (Å²) in [5, 5.41) is 36.9. The largest absolute Gasteiger partial charge is 0.394 e. The minimum Gasteiger partial charge on any atom is -0.394 e. The molecule has 4 unspecified atom stereocenters. The van der Waals surface area contributed by atoms with Crippen molar-refractivity contribution >= 4 is 0 Å². The van der Waals surface area contributed by atoms with Gasteiger partial charge in [-0.2, -0.15) is 0 Å². The molecule has 2 aromatic rings. The van der Waals surface area contributed by atoms with Crippen molar-refractivity contribution in [1.29, 1.82) is 0 Å². The Hall–Kier alpha value is -2.34. The van der Waals surface area contributed by atoms with Gasteiger partial charge in [-0.3, -0.25) is 19.0 Å². The molecule has 25 heavy (non-hydrogen) atoms. The second-order valence-corrected chi connectivity index (χ2v) is 5.80. The van der Waals surface area contributed by atoms with Gasteiger partial charge >= 0.3 is 5.69 Å². The molecule has 0 aromatic carbocycles. The third-order valence-corrected chi connectivity index (χ3v) is 4.13. The Morgan fingerprint density at radius 2 is 2.04 bits per heavy atom. The monoisotopic (exact) mass is 353 g/mol. The van der Waals surface area contributed by atoms with E-state index in [4.69, 9.17) is 9.84 Å². The van der Waals surface area contributed by atoms with E-state index in [1.807, 2.05) is 6.92 Å². The lowest BCUT2D eigenvalue weighted by atomic mass is 10.0. The van der Waals surface area contributed by atoms with E-state index >= 15 is 0 Å². The Kier molecular flexibility index (Phi) is 4.81. The molecule has 0 amide bonds. The number of aromatic nitrogens is 5. The van der Waals surface area contributed by atoms with Gasteiger partial charge in [-0.1, -0.05) is 5.21 Å². The van der Waals surface area contributed by atoms with Crippen LogP contribution >= 0.6 is 0 Å². The molecule has 0 spiro atoms. The number of nitrogens with one attached hydrogen (secondary N) is 1. The van der Waals surface area contributed by atoms with E-state index in [-0.39, 0.29) is 12.1 Å². The van der Waals surface area contributed by atoms with Gasteiger partial charge in [-0.05, 0) is 6.92 Å². The molecule has 2 aromatic heterocycles. The van der Waals surface area contributed by atoms with Crippen LogP contribution in [-0.4, -0.2) is 64.8 Å². The van der Waals surface area contributed by atoms with Crippen LogP contribution < -0.4 is 11.2 Å². The van der Waals surface area contributed by atoms with Crippen LogP contribution in [0.25, 0.3) is 0 Å². The lowest BCUT2D eigenvalue weighted by Gasteiger charge is -2.15. The average molecular weight is 353 g/mol. The van der Waals surface area contributed by atoms with Crippen LogP contribution in [0.1, 0.15) is 24.3 Å². The summed E-state index contributed by atoms with van der Waals surface area (Å²) in [7, 11) is 0. The molecule has 11 heteroatoms. The maximum absolute atomic E-state index is 12.1. The third kappa shape index (κ3) is 3.26. The van der Waals surface area contributed by atoms with Crippen molar-refractivity contribution in [3.05, 3.63) is 44.5 Å². The number of aryl methyl sites for hydroxylation is 1. The molecule has 11 nitrogen and oxygen atoms in total. The SMILES string of the molecule is CCn1cc(Cn2cc(C3OC(CO)C(O)C3O)c(=O)[nH]c2=O)nn1. The quantitative estimate of drug-likeness (QED) is 0.454. The molecule has 1 aliphatic rings. The predicted octanol–water partition coefficient (Wildman–Crippen LogP) is -2.65. The zero-order valence-electron chi connectivity index (χ0n) is 13.4. The number of nitrogens with zero attached hydrogens (tertiary/aromatic N) is 4. The van der Waals surface area contributed by atoms with Crippen LogP contribution in [0, 0.1) is 0 Å². The summed E-state index contributed by atoms with van der Waals surface area (Å²) in [5.74, 6) is 0. The highest BCUT2D eigenvalue weighted by molar-refractivity contribution is 5.15. The van der Waals surface area contributed by atoms with E-state index in [0.717, 1.165) is 0 Å². The minimum absolute atomic E-state index is 0.0232. The third-order valence-electron chi connectivity index (χ3n) is 4.13.